The Bertz CT molecular complexity index is 614. The van der Waals surface area contributed by atoms with Crippen LogP contribution < -0.4 is 0 Å². The summed E-state index contributed by atoms with van der Waals surface area (Å²) in [4.78, 5) is 0. The minimum atomic E-state index is -0.411. The molecule has 0 aliphatic heterocycles. The lowest BCUT2D eigenvalue weighted by Crippen LogP contribution is -2.13. The Morgan fingerprint density at radius 3 is 1.88 bits per heavy atom. The Balaban J connectivity index is 0.000000254. The molecule has 2 heteroatoms. The lowest BCUT2D eigenvalue weighted by Gasteiger charge is -2.28. The summed E-state index contributed by atoms with van der Waals surface area (Å²) in [6, 6.07) is 13.3. The van der Waals surface area contributed by atoms with Crippen molar-refractivity contribution in [2.24, 2.45) is 5.92 Å². The number of rotatable bonds is 5. The quantitative estimate of drug-likeness (QED) is 0.513. The highest BCUT2D eigenvalue weighted by atomic mass is 19.1. The van der Waals surface area contributed by atoms with Gasteiger partial charge in [-0.2, -0.15) is 0 Å². The van der Waals surface area contributed by atoms with Gasteiger partial charge in [-0.05, 0) is 72.9 Å². The first-order valence-electron chi connectivity index (χ1n) is 9.75. The van der Waals surface area contributed by atoms with Crippen molar-refractivity contribution in [3.63, 3.8) is 0 Å². The third-order valence-corrected chi connectivity index (χ3v) is 5.26. The third-order valence-electron chi connectivity index (χ3n) is 5.26. The summed E-state index contributed by atoms with van der Waals surface area (Å²) in [5.41, 5.74) is 2.77. The second-order valence-corrected chi connectivity index (χ2v) is 7.17. The van der Waals surface area contributed by atoms with Crippen LogP contribution in [0.3, 0.4) is 0 Å². The Kier molecular flexibility index (Phi) is 8.53. The van der Waals surface area contributed by atoms with Crippen LogP contribution in [0.5, 0.6) is 0 Å². The zero-order valence-electron chi connectivity index (χ0n) is 15.8. The fourth-order valence-corrected chi connectivity index (χ4v) is 3.61. The topological polar surface area (TPSA) is 0 Å². The summed E-state index contributed by atoms with van der Waals surface area (Å²) in [5.74, 6) is 0.994. The molecule has 0 spiro atoms. The van der Waals surface area contributed by atoms with Gasteiger partial charge in [-0.25, -0.2) is 8.78 Å². The van der Waals surface area contributed by atoms with E-state index in [1.54, 1.807) is 0 Å². The minimum Gasteiger partial charge on any atom is -0.207 e. The zero-order chi connectivity index (χ0) is 18.8. The first kappa shape index (κ1) is 20.4. The van der Waals surface area contributed by atoms with Gasteiger partial charge in [-0.15, -0.1) is 0 Å². The van der Waals surface area contributed by atoms with Crippen molar-refractivity contribution in [2.75, 3.05) is 0 Å². The average Bonchev–Trinajstić information content (AvgIpc) is 2.69. The van der Waals surface area contributed by atoms with Crippen LogP contribution in [-0.2, 0) is 0 Å². The standard InChI is InChI=1S/C18H26.C6H4F2/c1-3-5-6-16-9-13-18(14-10-16)17-11-7-15(4-2)8-12-17;7-5-1-2-6(8)4-3-5/h4,7-8,11-12,16,18H,2-3,5-6,9-10,13-14H2,1H3;1-4H. The Morgan fingerprint density at radius 1 is 0.885 bits per heavy atom. The van der Waals surface area contributed by atoms with Gasteiger partial charge in [0.1, 0.15) is 11.6 Å². The van der Waals surface area contributed by atoms with Crippen molar-refractivity contribution in [3.05, 3.63) is 77.9 Å². The predicted molar refractivity (Wildman–Crippen MR) is 107 cm³/mol. The summed E-state index contributed by atoms with van der Waals surface area (Å²) < 4.78 is 23.8. The Labute approximate surface area is 157 Å². The molecule has 1 saturated carbocycles. The molecule has 0 amide bonds. The predicted octanol–water partition coefficient (Wildman–Crippen LogP) is 7.76. The summed E-state index contributed by atoms with van der Waals surface area (Å²) >= 11 is 0. The fraction of sp³-hybridized carbons (Fsp3) is 0.417. The molecule has 26 heavy (non-hydrogen) atoms. The molecule has 2 aromatic carbocycles. The normalized spacial score (nSPS) is 19.3. The van der Waals surface area contributed by atoms with E-state index in [0.29, 0.717) is 0 Å². The van der Waals surface area contributed by atoms with E-state index in [1.165, 1.54) is 56.1 Å². The highest BCUT2D eigenvalue weighted by Crippen LogP contribution is 2.37. The molecule has 0 bridgehead atoms. The fourth-order valence-electron chi connectivity index (χ4n) is 3.61. The van der Waals surface area contributed by atoms with Gasteiger partial charge in [-0.3, -0.25) is 0 Å². The van der Waals surface area contributed by atoms with Crippen LogP contribution in [-0.4, -0.2) is 0 Å². The van der Waals surface area contributed by atoms with Crippen LogP contribution in [0.1, 0.15) is 68.9 Å². The van der Waals surface area contributed by atoms with Gasteiger partial charge in [0.25, 0.3) is 0 Å². The lowest BCUT2D eigenvalue weighted by molar-refractivity contribution is 0.304. The highest BCUT2D eigenvalue weighted by molar-refractivity contribution is 5.47. The molecule has 3 rings (SSSR count). The van der Waals surface area contributed by atoms with Gasteiger partial charge < -0.3 is 0 Å². The summed E-state index contributed by atoms with van der Waals surface area (Å²) in [5, 5.41) is 0. The van der Waals surface area contributed by atoms with Crippen molar-refractivity contribution >= 4 is 6.08 Å². The number of hydrogen-bond acceptors (Lipinski definition) is 0. The van der Waals surface area contributed by atoms with E-state index in [9.17, 15) is 8.78 Å². The molecule has 1 aliphatic rings. The second-order valence-electron chi connectivity index (χ2n) is 7.17. The van der Waals surface area contributed by atoms with Crippen LogP contribution in [0.4, 0.5) is 8.78 Å². The molecule has 140 valence electrons. The van der Waals surface area contributed by atoms with E-state index in [1.807, 2.05) is 6.08 Å². The van der Waals surface area contributed by atoms with Crippen molar-refractivity contribution in [2.45, 2.75) is 57.8 Å². The van der Waals surface area contributed by atoms with Gasteiger partial charge in [0.15, 0.2) is 0 Å². The monoisotopic (exact) mass is 356 g/mol. The van der Waals surface area contributed by atoms with E-state index in [4.69, 9.17) is 0 Å². The molecule has 0 heterocycles. The maximum absolute atomic E-state index is 11.9. The largest absolute Gasteiger partial charge is 0.207 e. The molecule has 0 radical (unpaired) electrons. The molecule has 0 nitrogen and oxygen atoms in total. The SMILES string of the molecule is C=Cc1ccc(C2CCC(CCCC)CC2)cc1.Fc1ccc(F)cc1. The summed E-state index contributed by atoms with van der Waals surface area (Å²) in [7, 11) is 0. The van der Waals surface area contributed by atoms with E-state index >= 15 is 0 Å². The molecule has 1 aliphatic carbocycles. The summed E-state index contributed by atoms with van der Waals surface area (Å²) in [6.07, 6.45) is 11.8. The van der Waals surface area contributed by atoms with E-state index in [2.05, 4.69) is 37.8 Å². The van der Waals surface area contributed by atoms with Gasteiger partial charge in [0.05, 0.1) is 0 Å². The van der Waals surface area contributed by atoms with E-state index < -0.39 is 11.6 Å². The number of unbranched alkanes of at least 4 members (excludes halogenated alkanes) is 1. The molecule has 1 fully saturated rings. The Hall–Kier alpha value is -1.96. The molecule has 0 unspecified atom stereocenters. The number of halogens is 2. The Morgan fingerprint density at radius 2 is 1.42 bits per heavy atom. The highest BCUT2D eigenvalue weighted by Gasteiger charge is 2.21. The van der Waals surface area contributed by atoms with Crippen LogP contribution in [0.25, 0.3) is 6.08 Å². The molecule has 0 atom stereocenters. The maximum Gasteiger partial charge on any atom is 0.123 e. The van der Waals surface area contributed by atoms with Crippen molar-refractivity contribution in [3.8, 4) is 0 Å². The third kappa shape index (κ3) is 6.74. The molecular formula is C24H30F2. The first-order valence-corrected chi connectivity index (χ1v) is 9.75. The molecule has 2 aromatic rings. The van der Waals surface area contributed by atoms with Crippen molar-refractivity contribution < 1.29 is 8.78 Å². The van der Waals surface area contributed by atoms with Crippen LogP contribution in [0, 0.1) is 17.6 Å². The van der Waals surface area contributed by atoms with Gasteiger partial charge >= 0.3 is 0 Å². The smallest absolute Gasteiger partial charge is 0.123 e. The second kappa shape index (κ2) is 10.9. The lowest BCUT2D eigenvalue weighted by atomic mass is 9.77. The van der Waals surface area contributed by atoms with Crippen molar-refractivity contribution in [1.82, 2.24) is 0 Å². The van der Waals surface area contributed by atoms with Crippen LogP contribution in [0.15, 0.2) is 55.1 Å². The van der Waals surface area contributed by atoms with Gasteiger partial charge in [-0.1, -0.05) is 63.1 Å². The van der Waals surface area contributed by atoms with E-state index in [-0.39, 0.29) is 0 Å². The van der Waals surface area contributed by atoms with E-state index in [0.717, 1.165) is 36.1 Å². The van der Waals surface area contributed by atoms with Gasteiger partial charge in [0, 0.05) is 0 Å². The number of benzene rings is 2. The molecule has 0 N–H and O–H groups in total. The summed E-state index contributed by atoms with van der Waals surface area (Å²) in [6.45, 7) is 6.11. The molecule has 0 aromatic heterocycles. The maximum atomic E-state index is 11.9. The van der Waals surface area contributed by atoms with Crippen molar-refractivity contribution in [1.29, 1.82) is 0 Å². The zero-order valence-corrected chi connectivity index (χ0v) is 15.8. The average molecular weight is 356 g/mol. The molecule has 0 saturated heterocycles. The first-order chi connectivity index (χ1) is 12.6. The van der Waals surface area contributed by atoms with Crippen LogP contribution >= 0.6 is 0 Å². The number of hydrogen-bond donors (Lipinski definition) is 0. The van der Waals surface area contributed by atoms with Crippen LogP contribution in [0.2, 0.25) is 0 Å². The minimum absolute atomic E-state index is 0.411. The van der Waals surface area contributed by atoms with Gasteiger partial charge in [0.2, 0.25) is 0 Å². The molecular weight excluding hydrogens is 326 g/mol.